The molecule has 126 valence electrons. The maximum atomic E-state index is 13.1. The number of benzene rings is 1. The van der Waals surface area contributed by atoms with Crippen molar-refractivity contribution < 1.29 is 4.79 Å². The van der Waals surface area contributed by atoms with Crippen LogP contribution in [0.15, 0.2) is 12.1 Å². The van der Waals surface area contributed by atoms with Gasteiger partial charge in [-0.3, -0.25) is 0 Å². The average Bonchev–Trinajstić information content (AvgIpc) is 3.35. The fourth-order valence-electron chi connectivity index (χ4n) is 4.35. The van der Waals surface area contributed by atoms with Crippen molar-refractivity contribution in [2.75, 3.05) is 23.8 Å². The van der Waals surface area contributed by atoms with E-state index in [1.54, 1.807) is 0 Å². The van der Waals surface area contributed by atoms with Gasteiger partial charge in [-0.05, 0) is 0 Å². The molecule has 1 saturated carbocycles. The number of hydrogen-bond acceptors (Lipinski definition) is 2. The van der Waals surface area contributed by atoms with Crippen LogP contribution in [0.4, 0.5) is 5.69 Å². The number of aryl methyl sites for hydroxylation is 2. The van der Waals surface area contributed by atoms with Crippen molar-refractivity contribution in [3.8, 4) is 6.07 Å². The van der Waals surface area contributed by atoms with Crippen LogP contribution in [0.3, 0.4) is 0 Å². The quantitative estimate of drug-likeness (QED) is 0.782. The third-order valence-electron chi connectivity index (χ3n) is 6.13. The van der Waals surface area contributed by atoms with Gasteiger partial charge in [0.25, 0.3) is 0 Å². The molecule has 0 radical (unpaired) electrons. The van der Waals surface area contributed by atoms with E-state index in [1.165, 1.54) is 18.5 Å². The van der Waals surface area contributed by atoms with Gasteiger partial charge in [-0.1, -0.05) is 0 Å². The Hall–Kier alpha value is -1.39. The zero-order valence-electron chi connectivity index (χ0n) is 15.0. The Morgan fingerprint density at radius 1 is 1.17 bits per heavy atom. The summed E-state index contributed by atoms with van der Waals surface area (Å²) < 4.78 is 0. The van der Waals surface area contributed by atoms with E-state index in [4.69, 9.17) is 5.26 Å². The fourth-order valence-corrected chi connectivity index (χ4v) is 9.61. The first kappa shape index (κ1) is 18.0. The molecule has 1 N–H and O–H groups in total. The molecule has 1 aromatic rings. The molecule has 1 amide bonds. The van der Waals surface area contributed by atoms with Crippen LogP contribution in [0.25, 0.3) is 0 Å². The normalized spacial score (nSPS) is 16.5. The minimum atomic E-state index is -1.57. The Kier molecular flexibility index (Phi) is 5.17. The average molecular weight is 332 g/mol. The Morgan fingerprint density at radius 2 is 1.65 bits per heavy atom. The number of nitrogens with zero attached hydrogens (tertiary/aromatic N) is 1. The second kappa shape index (κ2) is 6.62. The van der Waals surface area contributed by atoms with Crippen LogP contribution in [-0.2, 0) is 4.79 Å². The molecular formula is C19H29N2OP. The number of rotatable bonds is 6. The maximum absolute atomic E-state index is 13.1. The zero-order valence-corrected chi connectivity index (χ0v) is 16.0. The summed E-state index contributed by atoms with van der Waals surface area (Å²) in [6.07, 6.45) is 5.64. The molecule has 0 atom stereocenters. The van der Waals surface area contributed by atoms with Crippen LogP contribution in [-0.4, -0.2) is 29.5 Å². The van der Waals surface area contributed by atoms with Gasteiger partial charge in [-0.2, -0.15) is 0 Å². The summed E-state index contributed by atoms with van der Waals surface area (Å²) in [5.41, 5.74) is 3.50. The number of carbonyl (C=O) groups excluding carboxylic acids is 1. The van der Waals surface area contributed by atoms with Gasteiger partial charge in [0, 0.05) is 0 Å². The van der Waals surface area contributed by atoms with Gasteiger partial charge in [0.1, 0.15) is 0 Å². The third-order valence-corrected chi connectivity index (χ3v) is 12.9. The molecule has 1 aromatic carbocycles. The SMILES string of the molecule is CC[PH](CC)(CC)C1(C(=O)Nc2c(C)cc(C#N)cc2C)CC1. The molecule has 3 nitrogen and oxygen atoms in total. The van der Waals surface area contributed by atoms with Gasteiger partial charge in [-0.15, -0.1) is 0 Å². The number of nitriles is 1. The topological polar surface area (TPSA) is 52.9 Å². The van der Waals surface area contributed by atoms with Crippen LogP contribution in [0.5, 0.6) is 0 Å². The van der Waals surface area contributed by atoms with E-state index in [-0.39, 0.29) is 11.1 Å². The zero-order chi connectivity index (χ0) is 17.3. The van der Waals surface area contributed by atoms with E-state index in [2.05, 4.69) is 32.2 Å². The molecule has 23 heavy (non-hydrogen) atoms. The Bertz CT molecular complexity index is 621. The molecule has 0 unspecified atom stereocenters. The second-order valence-corrected chi connectivity index (χ2v) is 12.6. The van der Waals surface area contributed by atoms with E-state index in [1.807, 2.05) is 26.0 Å². The Morgan fingerprint density at radius 3 is 2.00 bits per heavy atom. The van der Waals surface area contributed by atoms with Crippen LogP contribution in [0.2, 0.25) is 0 Å². The summed E-state index contributed by atoms with van der Waals surface area (Å²) in [5.74, 6) is 0.227. The van der Waals surface area contributed by atoms with Crippen molar-refractivity contribution in [3.63, 3.8) is 0 Å². The first-order chi connectivity index (χ1) is 10.9. The van der Waals surface area contributed by atoms with Gasteiger partial charge < -0.3 is 0 Å². The fraction of sp³-hybridized carbons (Fsp3) is 0.579. The van der Waals surface area contributed by atoms with Gasteiger partial charge in [0.2, 0.25) is 0 Å². The molecular weight excluding hydrogens is 303 g/mol. The monoisotopic (exact) mass is 332 g/mol. The number of hydrogen-bond donors (Lipinski definition) is 1. The molecule has 0 aromatic heterocycles. The molecule has 0 bridgehead atoms. The standard InChI is InChI=1S/C19H29N2OP/c1-6-23(7-2,8-3)19(9-10-19)18(22)21-17-14(4)11-16(13-20)12-15(17)5/h11-12,23H,6-10H2,1-5H3,(H,21,22). The van der Waals surface area contributed by atoms with Crippen molar-refractivity contribution in [2.45, 2.75) is 52.6 Å². The summed E-state index contributed by atoms with van der Waals surface area (Å²) in [4.78, 5) is 13.1. The molecule has 4 heteroatoms. The Labute approximate surface area is 140 Å². The van der Waals surface area contributed by atoms with Gasteiger partial charge in [0.15, 0.2) is 0 Å². The van der Waals surface area contributed by atoms with Crippen LogP contribution >= 0.6 is 7.26 Å². The summed E-state index contributed by atoms with van der Waals surface area (Å²) in [5, 5.41) is 12.2. The molecule has 0 heterocycles. The summed E-state index contributed by atoms with van der Waals surface area (Å²) >= 11 is 0. The second-order valence-electron chi connectivity index (χ2n) is 6.97. The van der Waals surface area contributed by atoms with Crippen molar-refractivity contribution >= 4 is 18.9 Å². The van der Waals surface area contributed by atoms with E-state index < -0.39 is 7.26 Å². The van der Waals surface area contributed by atoms with Crippen LogP contribution in [0.1, 0.15) is 50.3 Å². The van der Waals surface area contributed by atoms with Gasteiger partial charge >= 0.3 is 140 Å². The van der Waals surface area contributed by atoms with Gasteiger partial charge in [0.05, 0.1) is 0 Å². The van der Waals surface area contributed by atoms with Gasteiger partial charge in [-0.25, -0.2) is 0 Å². The molecule has 1 fully saturated rings. The number of nitrogens with one attached hydrogen (secondary N) is 1. The third kappa shape index (κ3) is 2.90. The molecule has 0 saturated heterocycles. The molecule has 0 aliphatic heterocycles. The van der Waals surface area contributed by atoms with Crippen molar-refractivity contribution in [2.24, 2.45) is 0 Å². The predicted molar refractivity (Wildman–Crippen MR) is 101 cm³/mol. The van der Waals surface area contributed by atoms with Crippen LogP contribution < -0.4 is 5.32 Å². The van der Waals surface area contributed by atoms with E-state index in [9.17, 15) is 4.79 Å². The predicted octanol–water partition coefficient (Wildman–Crippen LogP) is 4.46. The first-order valence-electron chi connectivity index (χ1n) is 8.72. The first-order valence-corrected chi connectivity index (χ1v) is 11.3. The number of anilines is 1. The molecule has 1 aliphatic rings. The van der Waals surface area contributed by atoms with Crippen LogP contribution in [0, 0.1) is 25.2 Å². The summed E-state index contributed by atoms with van der Waals surface area (Å²) in [6, 6.07) is 5.88. The number of amides is 1. The van der Waals surface area contributed by atoms with E-state index in [0.717, 1.165) is 29.7 Å². The molecule has 0 spiro atoms. The number of carbonyl (C=O) groups is 1. The van der Waals surface area contributed by atoms with Crippen molar-refractivity contribution in [1.29, 1.82) is 5.26 Å². The Balaban J connectivity index is 2.32. The summed E-state index contributed by atoms with van der Waals surface area (Å²) in [6.45, 7) is 10.7. The molecule has 1 aliphatic carbocycles. The van der Waals surface area contributed by atoms with Crippen molar-refractivity contribution in [1.82, 2.24) is 0 Å². The van der Waals surface area contributed by atoms with E-state index in [0.29, 0.717) is 5.56 Å². The molecule has 2 rings (SSSR count). The van der Waals surface area contributed by atoms with Crippen molar-refractivity contribution in [3.05, 3.63) is 28.8 Å². The summed E-state index contributed by atoms with van der Waals surface area (Å²) in [7, 11) is -1.57. The minimum absolute atomic E-state index is 0.0714. The van der Waals surface area contributed by atoms with E-state index >= 15 is 0 Å².